The zero-order chi connectivity index (χ0) is 13.5. The first-order chi connectivity index (χ1) is 8.32. The molecule has 0 radical (unpaired) electrons. The van der Waals surface area contributed by atoms with Gasteiger partial charge in [-0.05, 0) is 17.5 Å². The number of primary amides is 1. The van der Waals surface area contributed by atoms with Crippen LogP contribution < -0.4 is 15.9 Å². The van der Waals surface area contributed by atoms with Gasteiger partial charge in [-0.3, -0.25) is 9.59 Å². The SMILES string of the molecule is C[N+](C)(C)n1c(C(N)=O)cc2ccccc2c1=O. The standard InChI is InChI=1S/C13H15N3O2/c1-16(2,3)15-11(12(14)17)8-9-6-4-5-7-10(9)13(15)18/h4-8H,1-3H3,(H-,14,17)/p+1. The molecule has 0 aliphatic carbocycles. The van der Waals surface area contributed by atoms with Crippen LogP contribution in [0.1, 0.15) is 10.5 Å². The van der Waals surface area contributed by atoms with E-state index in [2.05, 4.69) is 0 Å². The van der Waals surface area contributed by atoms with E-state index in [-0.39, 0.29) is 15.8 Å². The summed E-state index contributed by atoms with van der Waals surface area (Å²) in [5.74, 6) is -0.606. The molecular weight excluding hydrogens is 230 g/mol. The van der Waals surface area contributed by atoms with Gasteiger partial charge >= 0.3 is 5.56 Å². The summed E-state index contributed by atoms with van der Waals surface area (Å²) in [5.41, 5.74) is 5.36. The molecule has 0 unspecified atom stereocenters. The van der Waals surface area contributed by atoms with E-state index in [1.165, 1.54) is 4.68 Å². The molecule has 0 saturated carbocycles. The fourth-order valence-electron chi connectivity index (χ4n) is 2.02. The van der Waals surface area contributed by atoms with E-state index in [1.807, 2.05) is 27.2 Å². The van der Waals surface area contributed by atoms with Crippen LogP contribution in [0.2, 0.25) is 0 Å². The monoisotopic (exact) mass is 246 g/mol. The van der Waals surface area contributed by atoms with Crippen molar-refractivity contribution in [2.45, 2.75) is 0 Å². The molecule has 0 bridgehead atoms. The Kier molecular flexibility index (Phi) is 2.71. The first-order valence-corrected chi connectivity index (χ1v) is 5.59. The van der Waals surface area contributed by atoms with Gasteiger partial charge in [-0.25, -0.2) is 4.59 Å². The second-order valence-electron chi connectivity index (χ2n) is 5.04. The Morgan fingerprint density at radius 1 is 1.22 bits per heavy atom. The second kappa shape index (κ2) is 3.96. The molecule has 1 aromatic carbocycles. The number of carbonyl (C=O) groups excluding carboxylic acids is 1. The first kappa shape index (κ1) is 12.3. The Labute approximate surface area is 105 Å². The maximum Gasteiger partial charge on any atom is 0.304 e. The van der Waals surface area contributed by atoms with Crippen LogP contribution in [0.15, 0.2) is 35.1 Å². The molecule has 18 heavy (non-hydrogen) atoms. The van der Waals surface area contributed by atoms with Crippen molar-refractivity contribution in [2.24, 2.45) is 5.73 Å². The number of aromatic nitrogens is 1. The third-order valence-electron chi connectivity index (χ3n) is 2.76. The molecule has 1 amide bonds. The summed E-state index contributed by atoms with van der Waals surface area (Å²) in [6, 6.07) is 8.82. The van der Waals surface area contributed by atoms with Crippen LogP contribution in [0.3, 0.4) is 0 Å². The highest BCUT2D eigenvalue weighted by atomic mass is 16.2. The van der Waals surface area contributed by atoms with Crippen molar-refractivity contribution in [3.05, 3.63) is 46.4 Å². The predicted octanol–water partition coefficient (Wildman–Crippen LogP) is 0.429. The van der Waals surface area contributed by atoms with Crippen molar-refractivity contribution in [2.75, 3.05) is 21.1 Å². The Balaban J connectivity index is 2.98. The number of rotatable bonds is 2. The van der Waals surface area contributed by atoms with E-state index in [4.69, 9.17) is 5.73 Å². The third kappa shape index (κ3) is 1.89. The van der Waals surface area contributed by atoms with Gasteiger partial charge < -0.3 is 5.73 Å². The number of pyridine rings is 1. The second-order valence-corrected chi connectivity index (χ2v) is 5.04. The minimum Gasteiger partial charge on any atom is -0.364 e. The molecule has 2 aromatic rings. The Bertz CT molecular complexity index is 681. The highest BCUT2D eigenvalue weighted by Crippen LogP contribution is 2.12. The molecule has 2 rings (SSSR count). The number of nitrogens with two attached hydrogens (primary N) is 1. The van der Waals surface area contributed by atoms with E-state index in [9.17, 15) is 9.59 Å². The zero-order valence-electron chi connectivity index (χ0n) is 10.7. The molecule has 0 saturated heterocycles. The molecule has 0 aliphatic rings. The van der Waals surface area contributed by atoms with Crippen LogP contribution >= 0.6 is 0 Å². The molecule has 5 nitrogen and oxygen atoms in total. The molecule has 94 valence electrons. The van der Waals surface area contributed by atoms with Crippen LogP contribution in [0.4, 0.5) is 0 Å². The number of benzene rings is 1. The summed E-state index contributed by atoms with van der Waals surface area (Å²) in [5, 5.41) is 1.30. The average Bonchev–Trinajstić information content (AvgIpc) is 2.27. The molecule has 0 atom stereocenters. The van der Waals surface area contributed by atoms with E-state index < -0.39 is 5.91 Å². The first-order valence-electron chi connectivity index (χ1n) is 5.59. The highest BCUT2D eigenvalue weighted by Gasteiger charge is 2.22. The maximum absolute atomic E-state index is 12.4. The van der Waals surface area contributed by atoms with Crippen LogP contribution in [0.25, 0.3) is 10.8 Å². The summed E-state index contributed by atoms with van der Waals surface area (Å²) in [7, 11) is 5.42. The number of hydrogen-bond donors (Lipinski definition) is 1. The number of nitrogens with zero attached hydrogens (tertiary/aromatic N) is 2. The van der Waals surface area contributed by atoms with E-state index >= 15 is 0 Å². The lowest BCUT2D eigenvalue weighted by Crippen LogP contribution is -2.54. The highest BCUT2D eigenvalue weighted by molar-refractivity contribution is 5.95. The fourth-order valence-corrected chi connectivity index (χ4v) is 2.02. The number of amides is 1. The van der Waals surface area contributed by atoms with Gasteiger partial charge in [-0.15, -0.1) is 4.68 Å². The van der Waals surface area contributed by atoms with Crippen LogP contribution in [0, 0.1) is 0 Å². The molecule has 2 N–H and O–H groups in total. The number of hydrogen-bond acceptors (Lipinski definition) is 2. The minimum atomic E-state index is -0.606. The third-order valence-corrected chi connectivity index (χ3v) is 2.76. The van der Waals surface area contributed by atoms with Gasteiger partial charge in [0.25, 0.3) is 5.91 Å². The van der Waals surface area contributed by atoms with E-state index in [1.54, 1.807) is 24.3 Å². The molecule has 0 fully saturated rings. The molecule has 1 aromatic heterocycles. The topological polar surface area (TPSA) is 65.1 Å². The van der Waals surface area contributed by atoms with E-state index in [0.29, 0.717) is 5.39 Å². The lowest BCUT2D eigenvalue weighted by Gasteiger charge is -2.27. The number of quaternary nitrogens is 1. The van der Waals surface area contributed by atoms with Gasteiger partial charge in [0.05, 0.1) is 26.5 Å². The summed E-state index contributed by atoms with van der Waals surface area (Å²) in [6.45, 7) is 0. The lowest BCUT2D eigenvalue weighted by molar-refractivity contribution is 0.0971. The van der Waals surface area contributed by atoms with Crippen molar-refractivity contribution in [1.82, 2.24) is 9.27 Å². The van der Waals surface area contributed by atoms with Crippen molar-refractivity contribution in [3.8, 4) is 0 Å². The van der Waals surface area contributed by atoms with Gasteiger partial charge in [0.2, 0.25) is 0 Å². The van der Waals surface area contributed by atoms with Crippen molar-refractivity contribution < 1.29 is 4.79 Å². The largest absolute Gasteiger partial charge is 0.364 e. The van der Waals surface area contributed by atoms with Gasteiger partial charge in [-0.2, -0.15) is 0 Å². The fraction of sp³-hybridized carbons (Fsp3) is 0.231. The van der Waals surface area contributed by atoms with E-state index in [0.717, 1.165) is 5.39 Å². The zero-order valence-corrected chi connectivity index (χ0v) is 10.7. The summed E-state index contributed by atoms with van der Waals surface area (Å²) in [4.78, 5) is 24.0. The summed E-state index contributed by atoms with van der Waals surface area (Å²) < 4.78 is 1.58. The molecule has 0 aliphatic heterocycles. The van der Waals surface area contributed by atoms with Gasteiger partial charge in [-0.1, -0.05) is 18.2 Å². The van der Waals surface area contributed by atoms with Crippen LogP contribution in [-0.2, 0) is 0 Å². The summed E-state index contributed by atoms with van der Waals surface area (Å²) in [6.07, 6.45) is 0. The van der Waals surface area contributed by atoms with Gasteiger partial charge in [0.1, 0.15) is 0 Å². The number of carbonyl (C=O) groups is 1. The normalized spacial score (nSPS) is 11.7. The van der Waals surface area contributed by atoms with Crippen molar-refractivity contribution in [1.29, 1.82) is 0 Å². The van der Waals surface area contributed by atoms with Gasteiger partial charge in [0, 0.05) is 0 Å². The average molecular weight is 246 g/mol. The lowest BCUT2D eigenvalue weighted by atomic mass is 10.1. The maximum atomic E-state index is 12.4. The molecule has 5 heteroatoms. The van der Waals surface area contributed by atoms with Crippen LogP contribution in [-0.4, -0.2) is 31.7 Å². The van der Waals surface area contributed by atoms with Gasteiger partial charge in [0.15, 0.2) is 5.69 Å². The Morgan fingerprint density at radius 3 is 2.39 bits per heavy atom. The predicted molar refractivity (Wildman–Crippen MR) is 72.0 cm³/mol. The molecule has 0 spiro atoms. The van der Waals surface area contributed by atoms with Crippen LogP contribution in [0.5, 0.6) is 0 Å². The van der Waals surface area contributed by atoms with Crippen molar-refractivity contribution in [3.63, 3.8) is 0 Å². The Morgan fingerprint density at radius 2 is 1.83 bits per heavy atom. The number of fused-ring (bicyclic) bond motifs is 1. The summed E-state index contributed by atoms with van der Waals surface area (Å²) >= 11 is 0. The smallest absolute Gasteiger partial charge is 0.304 e. The molecule has 1 heterocycles. The quantitative estimate of drug-likeness (QED) is 0.781. The minimum absolute atomic E-state index is 0.182. The molecular formula is C13H16N3O2+. The Hall–Kier alpha value is -2.14. The van der Waals surface area contributed by atoms with Crippen molar-refractivity contribution >= 4 is 16.7 Å².